The molecule has 0 aliphatic carbocycles. The molecule has 0 bridgehead atoms. The van der Waals surface area contributed by atoms with Crippen LogP contribution in [0.15, 0.2) is 48.5 Å². The monoisotopic (exact) mass is 300 g/mol. The summed E-state index contributed by atoms with van der Waals surface area (Å²) in [6, 6.07) is 13.3. The molecule has 2 amide bonds. The number of halogens is 1. The fraction of sp³-hybridized carbons (Fsp3) is 0.176. The van der Waals surface area contributed by atoms with Crippen LogP contribution >= 0.6 is 0 Å². The van der Waals surface area contributed by atoms with Gasteiger partial charge in [0.25, 0.3) is 5.91 Å². The number of aryl methyl sites for hydroxylation is 1. The van der Waals surface area contributed by atoms with E-state index in [1.54, 1.807) is 37.3 Å². The molecule has 2 aromatic carbocycles. The van der Waals surface area contributed by atoms with Gasteiger partial charge in [0.05, 0.1) is 5.69 Å². The van der Waals surface area contributed by atoms with Gasteiger partial charge in [0.15, 0.2) is 0 Å². The van der Waals surface area contributed by atoms with Crippen LogP contribution < -0.4 is 10.6 Å². The van der Waals surface area contributed by atoms with E-state index < -0.39 is 5.82 Å². The maximum atomic E-state index is 13.6. The highest BCUT2D eigenvalue weighted by atomic mass is 19.1. The molecule has 4 nitrogen and oxygen atoms in total. The lowest BCUT2D eigenvalue weighted by molar-refractivity contribution is -0.116. The van der Waals surface area contributed by atoms with E-state index in [0.29, 0.717) is 5.56 Å². The standard InChI is InChI=1S/C17H17FN2O2/c1-12-7-8-15(14(18)11-12)20-16(21)9-10-19-17(22)13-5-3-2-4-6-13/h2-8,11H,9-10H2,1H3,(H,19,22)(H,20,21). The smallest absolute Gasteiger partial charge is 0.251 e. The molecular formula is C17H17FN2O2. The van der Waals surface area contributed by atoms with Crippen molar-refractivity contribution in [2.24, 2.45) is 0 Å². The molecule has 2 aromatic rings. The van der Waals surface area contributed by atoms with Crippen LogP contribution in [0.5, 0.6) is 0 Å². The van der Waals surface area contributed by atoms with Gasteiger partial charge in [-0.25, -0.2) is 4.39 Å². The van der Waals surface area contributed by atoms with E-state index in [-0.39, 0.29) is 30.5 Å². The van der Waals surface area contributed by atoms with E-state index in [0.717, 1.165) is 5.56 Å². The predicted molar refractivity (Wildman–Crippen MR) is 83.2 cm³/mol. The Hall–Kier alpha value is -2.69. The second kappa shape index (κ2) is 7.36. The van der Waals surface area contributed by atoms with Gasteiger partial charge in [0.2, 0.25) is 5.91 Å². The van der Waals surface area contributed by atoms with Crippen molar-refractivity contribution in [2.45, 2.75) is 13.3 Å². The number of anilines is 1. The Bertz CT molecular complexity index is 672. The Morgan fingerprint density at radius 3 is 2.50 bits per heavy atom. The Balaban J connectivity index is 1.80. The summed E-state index contributed by atoms with van der Waals surface area (Å²) < 4.78 is 13.6. The Kier molecular flexibility index (Phi) is 5.25. The fourth-order valence-electron chi connectivity index (χ4n) is 1.92. The van der Waals surface area contributed by atoms with E-state index >= 15 is 0 Å². The highest BCUT2D eigenvalue weighted by Gasteiger charge is 2.08. The number of hydrogen-bond donors (Lipinski definition) is 2. The number of amides is 2. The zero-order valence-electron chi connectivity index (χ0n) is 12.2. The zero-order chi connectivity index (χ0) is 15.9. The number of hydrogen-bond acceptors (Lipinski definition) is 2. The average molecular weight is 300 g/mol. The summed E-state index contributed by atoms with van der Waals surface area (Å²) in [5, 5.41) is 5.13. The van der Waals surface area contributed by atoms with Crippen LogP contribution in [0.4, 0.5) is 10.1 Å². The van der Waals surface area contributed by atoms with Crippen LogP contribution in [0.1, 0.15) is 22.3 Å². The lowest BCUT2D eigenvalue weighted by Gasteiger charge is -2.08. The van der Waals surface area contributed by atoms with Gasteiger partial charge in [-0.2, -0.15) is 0 Å². The molecule has 0 heterocycles. The molecule has 2 rings (SSSR count). The van der Waals surface area contributed by atoms with Gasteiger partial charge >= 0.3 is 0 Å². The zero-order valence-corrected chi connectivity index (χ0v) is 12.2. The molecule has 0 saturated heterocycles. The van der Waals surface area contributed by atoms with Crippen molar-refractivity contribution in [3.05, 3.63) is 65.5 Å². The topological polar surface area (TPSA) is 58.2 Å². The van der Waals surface area contributed by atoms with Crippen molar-refractivity contribution in [2.75, 3.05) is 11.9 Å². The molecule has 0 spiro atoms. The van der Waals surface area contributed by atoms with Gasteiger partial charge < -0.3 is 10.6 Å². The van der Waals surface area contributed by atoms with Crippen LogP contribution in [0.25, 0.3) is 0 Å². The minimum absolute atomic E-state index is 0.0753. The van der Waals surface area contributed by atoms with E-state index in [4.69, 9.17) is 0 Å². The van der Waals surface area contributed by atoms with Crippen LogP contribution in [0.3, 0.4) is 0 Å². The molecule has 0 aliphatic heterocycles. The van der Waals surface area contributed by atoms with Crippen LogP contribution in [-0.2, 0) is 4.79 Å². The summed E-state index contributed by atoms with van der Waals surface area (Å²) in [5.41, 5.74) is 1.46. The van der Waals surface area contributed by atoms with Crippen molar-refractivity contribution >= 4 is 17.5 Å². The molecule has 0 fully saturated rings. The quantitative estimate of drug-likeness (QED) is 0.892. The van der Waals surface area contributed by atoms with Crippen LogP contribution in [-0.4, -0.2) is 18.4 Å². The van der Waals surface area contributed by atoms with E-state index in [9.17, 15) is 14.0 Å². The molecule has 5 heteroatoms. The first-order chi connectivity index (χ1) is 10.6. The van der Waals surface area contributed by atoms with Gasteiger partial charge in [0.1, 0.15) is 5.82 Å². The summed E-state index contributed by atoms with van der Waals surface area (Å²) in [7, 11) is 0. The van der Waals surface area contributed by atoms with Gasteiger partial charge in [-0.15, -0.1) is 0 Å². The van der Waals surface area contributed by atoms with Crippen LogP contribution in [0.2, 0.25) is 0 Å². The fourth-order valence-corrected chi connectivity index (χ4v) is 1.92. The molecule has 0 atom stereocenters. The molecule has 0 aliphatic rings. The van der Waals surface area contributed by atoms with Crippen molar-refractivity contribution in [1.29, 1.82) is 0 Å². The third-order valence-electron chi connectivity index (χ3n) is 3.07. The Morgan fingerprint density at radius 2 is 1.82 bits per heavy atom. The minimum atomic E-state index is -0.471. The summed E-state index contributed by atoms with van der Waals surface area (Å²) in [6.45, 7) is 1.96. The second-order valence-electron chi connectivity index (χ2n) is 4.90. The van der Waals surface area contributed by atoms with Crippen molar-refractivity contribution in [3.63, 3.8) is 0 Å². The average Bonchev–Trinajstić information content (AvgIpc) is 2.51. The lowest BCUT2D eigenvalue weighted by atomic mass is 10.2. The lowest BCUT2D eigenvalue weighted by Crippen LogP contribution is -2.27. The van der Waals surface area contributed by atoms with Gasteiger partial charge in [0, 0.05) is 18.5 Å². The second-order valence-corrected chi connectivity index (χ2v) is 4.90. The highest BCUT2D eigenvalue weighted by Crippen LogP contribution is 2.15. The van der Waals surface area contributed by atoms with Gasteiger partial charge in [-0.1, -0.05) is 24.3 Å². The van der Waals surface area contributed by atoms with Crippen molar-refractivity contribution in [1.82, 2.24) is 5.32 Å². The predicted octanol–water partition coefficient (Wildman–Crippen LogP) is 2.89. The van der Waals surface area contributed by atoms with Gasteiger partial charge in [-0.3, -0.25) is 9.59 Å². The van der Waals surface area contributed by atoms with E-state index in [1.165, 1.54) is 12.1 Å². The highest BCUT2D eigenvalue weighted by molar-refractivity contribution is 5.95. The molecule has 0 saturated carbocycles. The normalized spacial score (nSPS) is 10.1. The third kappa shape index (κ3) is 4.41. The number of carbonyl (C=O) groups is 2. The molecular weight excluding hydrogens is 283 g/mol. The SMILES string of the molecule is Cc1ccc(NC(=O)CCNC(=O)c2ccccc2)c(F)c1. The maximum absolute atomic E-state index is 13.6. The number of carbonyl (C=O) groups excluding carboxylic acids is 2. The largest absolute Gasteiger partial charge is 0.352 e. The summed E-state index contributed by atoms with van der Waals surface area (Å²) >= 11 is 0. The summed E-state index contributed by atoms with van der Waals surface area (Å²) in [6.07, 6.45) is 0.0753. The van der Waals surface area contributed by atoms with E-state index in [2.05, 4.69) is 10.6 Å². The molecule has 114 valence electrons. The Labute approximate surface area is 128 Å². The number of rotatable bonds is 5. The first-order valence-electron chi connectivity index (χ1n) is 6.95. The molecule has 22 heavy (non-hydrogen) atoms. The molecule has 0 unspecified atom stereocenters. The molecule has 0 radical (unpaired) electrons. The van der Waals surface area contributed by atoms with Gasteiger partial charge in [-0.05, 0) is 36.8 Å². The van der Waals surface area contributed by atoms with Crippen molar-refractivity contribution < 1.29 is 14.0 Å². The minimum Gasteiger partial charge on any atom is -0.352 e. The van der Waals surface area contributed by atoms with E-state index in [1.807, 2.05) is 6.07 Å². The molecule has 0 aromatic heterocycles. The first kappa shape index (κ1) is 15.7. The summed E-state index contributed by atoms with van der Waals surface area (Å²) in [5.74, 6) is -1.06. The molecule has 2 N–H and O–H groups in total. The first-order valence-corrected chi connectivity index (χ1v) is 6.95. The number of benzene rings is 2. The maximum Gasteiger partial charge on any atom is 0.251 e. The van der Waals surface area contributed by atoms with Crippen LogP contribution in [0, 0.1) is 12.7 Å². The Morgan fingerprint density at radius 1 is 1.09 bits per heavy atom. The summed E-state index contributed by atoms with van der Waals surface area (Å²) in [4.78, 5) is 23.5. The van der Waals surface area contributed by atoms with Crippen molar-refractivity contribution in [3.8, 4) is 0 Å². The number of nitrogens with one attached hydrogen (secondary N) is 2. The third-order valence-corrected chi connectivity index (χ3v) is 3.07.